The minimum Gasteiger partial charge on any atom is -0.350 e. The molecule has 1 aromatic heterocycles. The van der Waals surface area contributed by atoms with Crippen LogP contribution in [0.5, 0.6) is 0 Å². The largest absolute Gasteiger partial charge is 0.350 e. The second-order valence-corrected chi connectivity index (χ2v) is 6.21. The summed E-state index contributed by atoms with van der Waals surface area (Å²) in [6.45, 7) is 4.30. The molecule has 23 heavy (non-hydrogen) atoms. The summed E-state index contributed by atoms with van der Waals surface area (Å²) in [7, 11) is 0. The average molecular weight is 318 g/mol. The topological polar surface area (TPSA) is 54.6 Å². The minimum atomic E-state index is -0.491. The van der Waals surface area contributed by atoms with E-state index >= 15 is 0 Å². The Balaban J connectivity index is 1.56. The molecule has 0 saturated carbocycles. The van der Waals surface area contributed by atoms with Gasteiger partial charge in [-0.1, -0.05) is 0 Å². The lowest BCUT2D eigenvalue weighted by atomic mass is 10.0. The standard InChI is InChI=1S/C17H19FN2O3/c1-11-13-10-12(18)2-3-14(13)19-15(11)16(21)20-6-4-17(5-7-20)22-8-9-23-17/h2-3,10,19H,4-9H2,1H3. The molecule has 1 N–H and O–H groups in total. The monoisotopic (exact) mass is 318 g/mol. The predicted octanol–water partition coefficient (Wildman–Crippen LogP) is 2.59. The van der Waals surface area contributed by atoms with Gasteiger partial charge in [0.1, 0.15) is 11.5 Å². The van der Waals surface area contributed by atoms with Crippen LogP contribution in [-0.4, -0.2) is 47.9 Å². The molecule has 2 fully saturated rings. The van der Waals surface area contributed by atoms with Crippen molar-refractivity contribution in [3.05, 3.63) is 35.3 Å². The number of piperidine rings is 1. The van der Waals surface area contributed by atoms with Crippen LogP contribution in [0, 0.1) is 12.7 Å². The Morgan fingerprint density at radius 3 is 2.65 bits per heavy atom. The van der Waals surface area contributed by atoms with Crippen LogP contribution in [0.15, 0.2) is 18.2 Å². The van der Waals surface area contributed by atoms with Crippen LogP contribution >= 0.6 is 0 Å². The van der Waals surface area contributed by atoms with Crippen molar-refractivity contribution in [1.82, 2.24) is 9.88 Å². The summed E-state index contributed by atoms with van der Waals surface area (Å²) in [5.41, 5.74) is 2.11. The summed E-state index contributed by atoms with van der Waals surface area (Å²) < 4.78 is 24.8. The van der Waals surface area contributed by atoms with E-state index in [1.807, 2.05) is 11.8 Å². The van der Waals surface area contributed by atoms with Crippen molar-refractivity contribution >= 4 is 16.8 Å². The molecule has 4 rings (SSSR count). The van der Waals surface area contributed by atoms with Gasteiger partial charge in [-0.25, -0.2) is 4.39 Å². The van der Waals surface area contributed by atoms with Crippen LogP contribution in [0.25, 0.3) is 10.9 Å². The van der Waals surface area contributed by atoms with Crippen molar-refractivity contribution in [1.29, 1.82) is 0 Å². The molecular formula is C17H19FN2O3. The maximum atomic E-state index is 13.4. The fraction of sp³-hybridized carbons (Fsp3) is 0.471. The Morgan fingerprint density at radius 2 is 1.96 bits per heavy atom. The highest BCUT2D eigenvalue weighted by atomic mass is 19.1. The van der Waals surface area contributed by atoms with Crippen molar-refractivity contribution in [3.63, 3.8) is 0 Å². The number of carbonyl (C=O) groups is 1. The maximum absolute atomic E-state index is 13.4. The number of H-pyrrole nitrogens is 1. The summed E-state index contributed by atoms with van der Waals surface area (Å²) in [4.78, 5) is 17.7. The highest BCUT2D eigenvalue weighted by Crippen LogP contribution is 2.32. The molecule has 0 radical (unpaired) electrons. The van der Waals surface area contributed by atoms with E-state index in [1.165, 1.54) is 12.1 Å². The molecule has 0 atom stereocenters. The van der Waals surface area contributed by atoms with Crippen LogP contribution < -0.4 is 0 Å². The first-order valence-electron chi connectivity index (χ1n) is 7.93. The fourth-order valence-electron chi connectivity index (χ4n) is 3.51. The van der Waals surface area contributed by atoms with Gasteiger partial charge in [-0.15, -0.1) is 0 Å². The van der Waals surface area contributed by atoms with E-state index in [0.29, 0.717) is 44.8 Å². The zero-order valence-corrected chi connectivity index (χ0v) is 13.0. The molecule has 0 aliphatic carbocycles. The summed E-state index contributed by atoms with van der Waals surface area (Å²) in [6, 6.07) is 4.52. The third kappa shape index (κ3) is 2.42. The number of hydrogen-bond acceptors (Lipinski definition) is 3. The molecule has 1 amide bonds. The number of nitrogens with zero attached hydrogens (tertiary/aromatic N) is 1. The molecule has 1 aromatic carbocycles. The fourth-order valence-corrected chi connectivity index (χ4v) is 3.51. The van der Waals surface area contributed by atoms with Gasteiger partial charge in [0.2, 0.25) is 0 Å². The molecule has 5 nitrogen and oxygen atoms in total. The van der Waals surface area contributed by atoms with Crippen LogP contribution in [0.3, 0.4) is 0 Å². The predicted molar refractivity (Wildman–Crippen MR) is 82.8 cm³/mol. The molecule has 2 aliphatic rings. The Morgan fingerprint density at radius 1 is 1.26 bits per heavy atom. The number of halogens is 1. The average Bonchev–Trinajstić information content (AvgIpc) is 3.13. The highest BCUT2D eigenvalue weighted by molar-refractivity contribution is 6.00. The Kier molecular flexibility index (Phi) is 3.39. The molecule has 0 bridgehead atoms. The van der Waals surface area contributed by atoms with E-state index < -0.39 is 5.79 Å². The normalized spacial score (nSPS) is 20.5. The van der Waals surface area contributed by atoms with Gasteiger partial charge < -0.3 is 19.4 Å². The number of benzene rings is 1. The second kappa shape index (κ2) is 5.32. The number of aromatic nitrogens is 1. The first-order valence-corrected chi connectivity index (χ1v) is 7.93. The van der Waals surface area contributed by atoms with Crippen molar-refractivity contribution in [2.24, 2.45) is 0 Å². The summed E-state index contributed by atoms with van der Waals surface area (Å²) in [6.07, 6.45) is 1.37. The molecule has 2 aliphatic heterocycles. The van der Waals surface area contributed by atoms with Crippen LogP contribution in [0.4, 0.5) is 4.39 Å². The first-order chi connectivity index (χ1) is 11.1. The molecule has 2 aromatic rings. The number of nitrogens with one attached hydrogen (secondary N) is 1. The number of rotatable bonds is 1. The van der Waals surface area contributed by atoms with Gasteiger partial charge in [0.25, 0.3) is 5.91 Å². The first kappa shape index (κ1) is 14.7. The van der Waals surface area contributed by atoms with Gasteiger partial charge in [-0.05, 0) is 30.7 Å². The van der Waals surface area contributed by atoms with Gasteiger partial charge in [0, 0.05) is 36.8 Å². The second-order valence-electron chi connectivity index (χ2n) is 6.21. The van der Waals surface area contributed by atoms with Gasteiger partial charge in [0.05, 0.1) is 13.2 Å². The highest BCUT2D eigenvalue weighted by Gasteiger charge is 2.41. The van der Waals surface area contributed by atoms with Gasteiger partial charge in [0.15, 0.2) is 5.79 Å². The van der Waals surface area contributed by atoms with E-state index in [0.717, 1.165) is 16.5 Å². The lowest BCUT2D eigenvalue weighted by Gasteiger charge is -2.37. The third-order valence-corrected chi connectivity index (χ3v) is 4.86. The number of aryl methyl sites for hydroxylation is 1. The van der Waals surface area contributed by atoms with Crippen molar-refractivity contribution < 1.29 is 18.7 Å². The van der Waals surface area contributed by atoms with E-state index in [4.69, 9.17) is 9.47 Å². The number of aromatic amines is 1. The molecule has 0 unspecified atom stereocenters. The molecule has 1 spiro atoms. The number of hydrogen-bond donors (Lipinski definition) is 1. The van der Waals surface area contributed by atoms with Crippen LogP contribution in [0.1, 0.15) is 28.9 Å². The number of amides is 1. The molecule has 2 saturated heterocycles. The number of carbonyl (C=O) groups excluding carboxylic acids is 1. The SMILES string of the molecule is Cc1c(C(=O)N2CCC3(CC2)OCCO3)[nH]c2ccc(F)cc12. The summed E-state index contributed by atoms with van der Waals surface area (Å²) in [5, 5.41) is 0.754. The van der Waals surface area contributed by atoms with E-state index in [-0.39, 0.29) is 11.7 Å². The maximum Gasteiger partial charge on any atom is 0.270 e. The molecule has 3 heterocycles. The minimum absolute atomic E-state index is 0.0491. The zero-order valence-electron chi connectivity index (χ0n) is 13.0. The quantitative estimate of drug-likeness (QED) is 0.879. The van der Waals surface area contributed by atoms with E-state index in [1.54, 1.807) is 6.07 Å². The van der Waals surface area contributed by atoms with Crippen molar-refractivity contribution in [2.45, 2.75) is 25.6 Å². The Labute approximate surface area is 133 Å². The molecule has 6 heteroatoms. The van der Waals surface area contributed by atoms with E-state index in [2.05, 4.69) is 4.98 Å². The Bertz CT molecular complexity index is 755. The number of likely N-dealkylation sites (tertiary alicyclic amines) is 1. The van der Waals surface area contributed by atoms with Gasteiger partial charge in [-0.2, -0.15) is 0 Å². The smallest absolute Gasteiger partial charge is 0.270 e. The zero-order chi connectivity index (χ0) is 16.0. The van der Waals surface area contributed by atoms with Gasteiger partial charge in [-0.3, -0.25) is 4.79 Å². The van der Waals surface area contributed by atoms with Crippen molar-refractivity contribution in [3.8, 4) is 0 Å². The van der Waals surface area contributed by atoms with Crippen LogP contribution in [0.2, 0.25) is 0 Å². The summed E-state index contributed by atoms with van der Waals surface area (Å²) in [5.74, 6) is -0.837. The lowest BCUT2D eigenvalue weighted by molar-refractivity contribution is -0.181. The third-order valence-electron chi connectivity index (χ3n) is 4.86. The summed E-state index contributed by atoms with van der Waals surface area (Å²) >= 11 is 0. The van der Waals surface area contributed by atoms with Crippen LogP contribution in [-0.2, 0) is 9.47 Å². The molecular weight excluding hydrogens is 299 g/mol. The lowest BCUT2D eigenvalue weighted by Crippen LogP contribution is -2.47. The molecule has 122 valence electrons. The van der Waals surface area contributed by atoms with Gasteiger partial charge >= 0.3 is 0 Å². The Hall–Kier alpha value is -1.92. The van der Waals surface area contributed by atoms with Crippen molar-refractivity contribution in [2.75, 3.05) is 26.3 Å². The number of ether oxygens (including phenoxy) is 2. The van der Waals surface area contributed by atoms with E-state index in [9.17, 15) is 9.18 Å². The number of fused-ring (bicyclic) bond motifs is 1.